The van der Waals surface area contributed by atoms with Crippen molar-refractivity contribution in [1.82, 2.24) is 0 Å². The van der Waals surface area contributed by atoms with Crippen LogP contribution in [0.25, 0.3) is 0 Å². The summed E-state index contributed by atoms with van der Waals surface area (Å²) in [7, 11) is 0. The number of ether oxygens (including phenoxy) is 2. The van der Waals surface area contributed by atoms with E-state index < -0.39 is 17.4 Å². The van der Waals surface area contributed by atoms with E-state index in [0.29, 0.717) is 12.5 Å². The van der Waals surface area contributed by atoms with Crippen LogP contribution in [0.1, 0.15) is 47.0 Å². The summed E-state index contributed by atoms with van der Waals surface area (Å²) >= 11 is 0. The van der Waals surface area contributed by atoms with E-state index in [2.05, 4.69) is 13.8 Å². The van der Waals surface area contributed by atoms with Crippen LogP contribution in [0.4, 0.5) is 0 Å². The largest absolute Gasteiger partial charge is 0.480 e. The van der Waals surface area contributed by atoms with E-state index in [1.807, 2.05) is 0 Å². The van der Waals surface area contributed by atoms with Gasteiger partial charge in [0, 0.05) is 13.2 Å². The van der Waals surface area contributed by atoms with Crippen molar-refractivity contribution in [2.75, 3.05) is 19.8 Å². The van der Waals surface area contributed by atoms with Gasteiger partial charge in [-0.05, 0) is 32.1 Å². The third-order valence-electron chi connectivity index (χ3n) is 3.19. The minimum absolute atomic E-state index is 0.149. The van der Waals surface area contributed by atoms with Crippen LogP contribution in [0.5, 0.6) is 0 Å². The number of carbonyl (C=O) groups excluding carboxylic acids is 1. The molecule has 19 heavy (non-hydrogen) atoms. The molecule has 0 aromatic heterocycles. The molecule has 1 unspecified atom stereocenters. The van der Waals surface area contributed by atoms with Crippen molar-refractivity contribution in [2.45, 2.75) is 47.0 Å². The Morgan fingerprint density at radius 2 is 1.84 bits per heavy atom. The van der Waals surface area contributed by atoms with Crippen LogP contribution >= 0.6 is 0 Å². The quantitative estimate of drug-likeness (QED) is 0.376. The van der Waals surface area contributed by atoms with Gasteiger partial charge in [-0.15, -0.1) is 0 Å². The highest BCUT2D eigenvalue weighted by atomic mass is 16.5. The summed E-state index contributed by atoms with van der Waals surface area (Å²) in [5.41, 5.74) is -1.48. The standard InChI is InChI=1S/C14H26O5/c1-5-14(12(15)16,13(17)19-6-2)8-10-18-9-7-11(3)4/h11H,5-10H2,1-4H3,(H,15,16). The fourth-order valence-corrected chi connectivity index (χ4v) is 1.71. The molecule has 0 radical (unpaired) electrons. The summed E-state index contributed by atoms with van der Waals surface area (Å²) < 4.78 is 10.3. The number of hydrogen-bond donors (Lipinski definition) is 1. The second-order valence-electron chi connectivity index (χ2n) is 5.01. The zero-order valence-corrected chi connectivity index (χ0v) is 12.4. The number of carboxylic acid groups (broad SMARTS) is 1. The molecule has 0 fully saturated rings. The summed E-state index contributed by atoms with van der Waals surface area (Å²) in [6, 6.07) is 0. The summed E-state index contributed by atoms with van der Waals surface area (Å²) in [6.07, 6.45) is 1.27. The first-order valence-corrected chi connectivity index (χ1v) is 6.89. The van der Waals surface area contributed by atoms with Crippen LogP contribution in [0.15, 0.2) is 0 Å². The van der Waals surface area contributed by atoms with Gasteiger partial charge in [0.15, 0.2) is 5.41 Å². The fraction of sp³-hybridized carbons (Fsp3) is 0.857. The molecule has 0 saturated carbocycles. The molecule has 0 spiro atoms. The van der Waals surface area contributed by atoms with Gasteiger partial charge in [-0.25, -0.2) is 0 Å². The zero-order chi connectivity index (χ0) is 14.9. The zero-order valence-electron chi connectivity index (χ0n) is 12.4. The lowest BCUT2D eigenvalue weighted by Crippen LogP contribution is -2.41. The Balaban J connectivity index is 4.44. The number of rotatable bonds is 10. The molecule has 0 aliphatic heterocycles. The SMILES string of the molecule is CCOC(=O)C(CC)(CCOCCC(C)C)C(=O)O. The van der Waals surface area contributed by atoms with E-state index in [-0.39, 0.29) is 26.1 Å². The molecular weight excluding hydrogens is 248 g/mol. The average molecular weight is 274 g/mol. The van der Waals surface area contributed by atoms with Crippen molar-refractivity contribution in [2.24, 2.45) is 11.3 Å². The summed E-state index contributed by atoms with van der Waals surface area (Å²) in [5, 5.41) is 9.31. The second kappa shape index (κ2) is 8.91. The van der Waals surface area contributed by atoms with E-state index in [1.54, 1.807) is 13.8 Å². The van der Waals surface area contributed by atoms with Gasteiger partial charge in [-0.2, -0.15) is 0 Å². The first-order chi connectivity index (χ1) is 8.90. The summed E-state index contributed by atoms with van der Waals surface area (Å²) in [4.78, 5) is 23.2. The normalized spacial score (nSPS) is 14.2. The predicted octanol–water partition coefficient (Wildman–Crippen LogP) is 2.48. The number of aliphatic carboxylic acids is 1. The van der Waals surface area contributed by atoms with E-state index in [1.165, 1.54) is 0 Å². The van der Waals surface area contributed by atoms with E-state index in [0.717, 1.165) is 6.42 Å². The third kappa shape index (κ3) is 5.59. The van der Waals surface area contributed by atoms with Gasteiger partial charge in [-0.1, -0.05) is 20.8 Å². The molecule has 0 amide bonds. The van der Waals surface area contributed by atoms with E-state index >= 15 is 0 Å². The molecule has 1 atom stereocenters. The Morgan fingerprint density at radius 3 is 2.26 bits per heavy atom. The van der Waals surface area contributed by atoms with Crippen molar-refractivity contribution < 1.29 is 24.2 Å². The molecule has 0 saturated heterocycles. The molecule has 1 N–H and O–H groups in total. The first kappa shape index (κ1) is 17.9. The maximum absolute atomic E-state index is 11.9. The van der Waals surface area contributed by atoms with Crippen LogP contribution in [0.2, 0.25) is 0 Å². The maximum Gasteiger partial charge on any atom is 0.323 e. The summed E-state index contributed by atoms with van der Waals surface area (Å²) in [6.45, 7) is 8.55. The van der Waals surface area contributed by atoms with Gasteiger partial charge >= 0.3 is 11.9 Å². The Labute approximate surface area is 115 Å². The Hall–Kier alpha value is -1.10. The minimum Gasteiger partial charge on any atom is -0.480 e. The predicted molar refractivity (Wildman–Crippen MR) is 71.9 cm³/mol. The molecule has 0 aliphatic rings. The lowest BCUT2D eigenvalue weighted by Gasteiger charge is -2.25. The number of carbonyl (C=O) groups is 2. The van der Waals surface area contributed by atoms with Gasteiger partial charge in [0.2, 0.25) is 0 Å². The Bertz CT molecular complexity index is 288. The van der Waals surface area contributed by atoms with Crippen LogP contribution in [-0.2, 0) is 19.1 Å². The topological polar surface area (TPSA) is 72.8 Å². The van der Waals surface area contributed by atoms with Crippen molar-refractivity contribution in [3.8, 4) is 0 Å². The van der Waals surface area contributed by atoms with Gasteiger partial charge in [0.05, 0.1) is 6.61 Å². The lowest BCUT2D eigenvalue weighted by atomic mass is 9.82. The van der Waals surface area contributed by atoms with Crippen LogP contribution < -0.4 is 0 Å². The van der Waals surface area contributed by atoms with Crippen molar-refractivity contribution in [3.63, 3.8) is 0 Å². The first-order valence-electron chi connectivity index (χ1n) is 6.89. The lowest BCUT2D eigenvalue weighted by molar-refractivity contribution is -0.170. The van der Waals surface area contributed by atoms with Crippen LogP contribution in [0.3, 0.4) is 0 Å². The minimum atomic E-state index is -1.48. The van der Waals surface area contributed by atoms with Crippen molar-refractivity contribution in [1.29, 1.82) is 0 Å². The fourth-order valence-electron chi connectivity index (χ4n) is 1.71. The van der Waals surface area contributed by atoms with Gasteiger partial charge < -0.3 is 14.6 Å². The molecule has 0 rings (SSSR count). The molecule has 112 valence electrons. The number of carboxylic acids is 1. The molecule has 0 aliphatic carbocycles. The van der Waals surface area contributed by atoms with Gasteiger partial charge in [0.25, 0.3) is 0 Å². The number of hydrogen-bond acceptors (Lipinski definition) is 4. The van der Waals surface area contributed by atoms with Crippen molar-refractivity contribution in [3.05, 3.63) is 0 Å². The Kier molecular flexibility index (Phi) is 8.39. The summed E-state index contributed by atoms with van der Waals surface area (Å²) in [5.74, 6) is -1.26. The highest BCUT2D eigenvalue weighted by molar-refractivity contribution is 5.99. The van der Waals surface area contributed by atoms with E-state index in [4.69, 9.17) is 9.47 Å². The molecule has 0 bridgehead atoms. The molecule has 5 heteroatoms. The number of esters is 1. The van der Waals surface area contributed by atoms with E-state index in [9.17, 15) is 14.7 Å². The maximum atomic E-state index is 11.9. The monoisotopic (exact) mass is 274 g/mol. The van der Waals surface area contributed by atoms with Crippen LogP contribution in [0, 0.1) is 11.3 Å². The molecular formula is C14H26O5. The van der Waals surface area contributed by atoms with Gasteiger partial charge in [0.1, 0.15) is 0 Å². The van der Waals surface area contributed by atoms with Crippen LogP contribution in [-0.4, -0.2) is 36.9 Å². The van der Waals surface area contributed by atoms with Gasteiger partial charge in [-0.3, -0.25) is 9.59 Å². The average Bonchev–Trinajstić information content (AvgIpc) is 2.33. The molecule has 0 aromatic carbocycles. The Morgan fingerprint density at radius 1 is 1.21 bits per heavy atom. The smallest absolute Gasteiger partial charge is 0.323 e. The highest BCUT2D eigenvalue weighted by Crippen LogP contribution is 2.29. The second-order valence-corrected chi connectivity index (χ2v) is 5.01. The third-order valence-corrected chi connectivity index (χ3v) is 3.19. The molecule has 5 nitrogen and oxygen atoms in total. The highest BCUT2D eigenvalue weighted by Gasteiger charge is 2.45. The molecule has 0 heterocycles. The molecule has 0 aromatic rings. The van der Waals surface area contributed by atoms with Crippen molar-refractivity contribution >= 4 is 11.9 Å².